The average Bonchev–Trinajstić information content (AvgIpc) is 3.32. The summed E-state index contributed by atoms with van der Waals surface area (Å²) in [6.45, 7) is 4.55. The molecule has 4 heterocycles. The number of carbonyl (C=O) groups is 3. The van der Waals surface area contributed by atoms with E-state index in [2.05, 4.69) is 28.0 Å². The summed E-state index contributed by atoms with van der Waals surface area (Å²) in [5.41, 5.74) is 2.44. The molecule has 1 atom stereocenters. The maximum absolute atomic E-state index is 14.2. The minimum absolute atomic E-state index is 0.0985. The fourth-order valence-corrected chi connectivity index (χ4v) is 6.54. The van der Waals surface area contributed by atoms with Gasteiger partial charge < -0.3 is 0 Å². The normalized spacial score (nSPS) is 23.9. The lowest BCUT2D eigenvalue weighted by Gasteiger charge is -2.40. The number of rotatable bonds is 6. The molecule has 7 rings (SSSR count). The van der Waals surface area contributed by atoms with E-state index >= 15 is 0 Å². The van der Waals surface area contributed by atoms with Gasteiger partial charge in [0.1, 0.15) is 11.7 Å². The number of aromatic nitrogens is 2. The molecule has 1 aromatic heterocycles. The standard InChI is InChI=1S/C30H32FN5O3/c1-29(11-13-34(14-12-29)18-30(31)9-10-30)35-17-19(16-32-35)15-20-5-6-23-26-21(20)3-2-4-22(26)28(39)36(23)24-7-8-25(37)33-27(24)38/h2-6,16-17,24H,7-15,18H2,1H3,(H,33,37,38). The summed E-state index contributed by atoms with van der Waals surface area (Å²) < 4.78 is 16.3. The number of carbonyl (C=O) groups excluding carboxylic acids is 3. The number of likely N-dealkylation sites (tertiary alicyclic amines) is 1. The number of alkyl halides is 1. The summed E-state index contributed by atoms with van der Waals surface area (Å²) >= 11 is 0. The van der Waals surface area contributed by atoms with E-state index in [9.17, 15) is 18.8 Å². The molecule has 3 fully saturated rings. The van der Waals surface area contributed by atoms with Crippen molar-refractivity contribution in [3.05, 3.63) is 59.4 Å². The second-order valence-corrected chi connectivity index (χ2v) is 12.0. The molecule has 0 radical (unpaired) electrons. The number of benzene rings is 2. The molecule has 9 heteroatoms. The Bertz CT molecular complexity index is 1520. The molecule has 202 valence electrons. The van der Waals surface area contributed by atoms with Gasteiger partial charge in [-0.1, -0.05) is 18.2 Å². The van der Waals surface area contributed by atoms with E-state index in [4.69, 9.17) is 5.10 Å². The molecule has 8 nitrogen and oxygen atoms in total. The zero-order valence-electron chi connectivity index (χ0n) is 22.1. The number of anilines is 1. The lowest BCUT2D eigenvalue weighted by atomic mass is 9.89. The first-order valence-corrected chi connectivity index (χ1v) is 13.9. The molecule has 1 aliphatic carbocycles. The Morgan fingerprint density at radius 3 is 2.62 bits per heavy atom. The Hall–Kier alpha value is -3.59. The third-order valence-corrected chi connectivity index (χ3v) is 9.16. The molecule has 2 aromatic carbocycles. The van der Waals surface area contributed by atoms with Gasteiger partial charge in [0.25, 0.3) is 5.91 Å². The Morgan fingerprint density at radius 2 is 1.87 bits per heavy atom. The van der Waals surface area contributed by atoms with Gasteiger partial charge in [-0.05, 0) is 67.7 Å². The third-order valence-electron chi connectivity index (χ3n) is 9.16. The predicted octanol–water partition coefficient (Wildman–Crippen LogP) is 3.71. The fourth-order valence-electron chi connectivity index (χ4n) is 6.54. The van der Waals surface area contributed by atoms with Crippen LogP contribution < -0.4 is 10.2 Å². The van der Waals surface area contributed by atoms with Gasteiger partial charge in [0, 0.05) is 49.6 Å². The van der Waals surface area contributed by atoms with E-state index in [1.54, 1.807) is 4.90 Å². The van der Waals surface area contributed by atoms with Crippen LogP contribution in [0.4, 0.5) is 10.1 Å². The van der Waals surface area contributed by atoms with Crippen molar-refractivity contribution in [1.29, 1.82) is 0 Å². The van der Waals surface area contributed by atoms with Gasteiger partial charge in [-0.25, -0.2) is 4.39 Å². The van der Waals surface area contributed by atoms with Gasteiger partial charge in [0.05, 0.1) is 17.4 Å². The van der Waals surface area contributed by atoms with Crippen molar-refractivity contribution < 1.29 is 18.8 Å². The first-order valence-electron chi connectivity index (χ1n) is 13.9. The quantitative estimate of drug-likeness (QED) is 0.492. The summed E-state index contributed by atoms with van der Waals surface area (Å²) in [6, 6.07) is 8.98. The second-order valence-electron chi connectivity index (χ2n) is 12.0. The van der Waals surface area contributed by atoms with E-state index in [0.29, 0.717) is 37.8 Å². The van der Waals surface area contributed by atoms with Crippen LogP contribution in [-0.2, 0) is 21.5 Å². The van der Waals surface area contributed by atoms with Crippen molar-refractivity contribution in [2.75, 3.05) is 24.5 Å². The summed E-state index contributed by atoms with van der Waals surface area (Å²) in [7, 11) is 0. The molecule has 0 spiro atoms. The van der Waals surface area contributed by atoms with Crippen LogP contribution in [0.15, 0.2) is 42.7 Å². The highest BCUT2D eigenvalue weighted by Gasteiger charge is 2.46. The van der Waals surface area contributed by atoms with Crippen LogP contribution >= 0.6 is 0 Å². The van der Waals surface area contributed by atoms with E-state index in [-0.39, 0.29) is 23.8 Å². The van der Waals surface area contributed by atoms with E-state index in [1.165, 1.54) is 0 Å². The van der Waals surface area contributed by atoms with Gasteiger partial charge in [0.15, 0.2) is 0 Å². The Kier molecular flexibility index (Phi) is 5.46. The maximum Gasteiger partial charge on any atom is 0.259 e. The third kappa shape index (κ3) is 4.14. The first kappa shape index (κ1) is 24.5. The minimum Gasteiger partial charge on any atom is -0.300 e. The van der Waals surface area contributed by atoms with Crippen molar-refractivity contribution in [1.82, 2.24) is 20.0 Å². The minimum atomic E-state index is -0.949. The van der Waals surface area contributed by atoms with Gasteiger partial charge in [-0.2, -0.15) is 5.10 Å². The van der Waals surface area contributed by atoms with Crippen molar-refractivity contribution in [3.8, 4) is 0 Å². The van der Waals surface area contributed by atoms with Crippen molar-refractivity contribution >= 4 is 34.2 Å². The second kappa shape index (κ2) is 8.71. The molecule has 3 aliphatic heterocycles. The monoisotopic (exact) mass is 529 g/mol. The van der Waals surface area contributed by atoms with Gasteiger partial charge in [-0.3, -0.25) is 34.2 Å². The highest BCUT2D eigenvalue weighted by molar-refractivity contribution is 6.27. The molecule has 2 saturated heterocycles. The molecule has 1 unspecified atom stereocenters. The molecule has 4 aliphatic rings. The summed E-state index contributed by atoms with van der Waals surface area (Å²) in [6.07, 6.45) is 8.51. The number of nitrogens with zero attached hydrogens (tertiary/aromatic N) is 4. The van der Waals surface area contributed by atoms with Crippen molar-refractivity contribution in [2.24, 2.45) is 0 Å². The van der Waals surface area contributed by atoms with Crippen LogP contribution in [0.25, 0.3) is 10.8 Å². The van der Waals surface area contributed by atoms with E-state index in [1.807, 2.05) is 36.5 Å². The molecule has 39 heavy (non-hydrogen) atoms. The SMILES string of the molecule is CC1(n2cc(Cc3ccc4c5c(cccc35)C(=O)N4C3CCC(=O)NC3=O)cn2)CCN(CC2(F)CC2)CC1. The Morgan fingerprint density at radius 1 is 1.08 bits per heavy atom. The Balaban J connectivity index is 1.12. The lowest BCUT2D eigenvalue weighted by molar-refractivity contribution is -0.134. The van der Waals surface area contributed by atoms with Crippen LogP contribution in [0.1, 0.15) is 66.9 Å². The number of amides is 3. The van der Waals surface area contributed by atoms with Crippen LogP contribution in [0.2, 0.25) is 0 Å². The molecule has 3 amide bonds. The largest absolute Gasteiger partial charge is 0.300 e. The Labute approximate surface area is 226 Å². The number of hydrogen-bond acceptors (Lipinski definition) is 5. The zero-order valence-corrected chi connectivity index (χ0v) is 22.1. The molecular weight excluding hydrogens is 497 g/mol. The number of imide groups is 1. The van der Waals surface area contributed by atoms with Crippen LogP contribution in [0.3, 0.4) is 0 Å². The molecule has 1 N–H and O–H groups in total. The molecule has 0 bridgehead atoms. The van der Waals surface area contributed by atoms with Crippen LogP contribution in [0.5, 0.6) is 0 Å². The molecule has 1 saturated carbocycles. The van der Waals surface area contributed by atoms with Gasteiger partial charge in [0.2, 0.25) is 11.8 Å². The van der Waals surface area contributed by atoms with Gasteiger partial charge in [-0.15, -0.1) is 0 Å². The number of nitrogens with one attached hydrogen (secondary N) is 1. The summed E-state index contributed by atoms with van der Waals surface area (Å²) in [5.74, 6) is -0.921. The fraction of sp³-hybridized carbons (Fsp3) is 0.467. The van der Waals surface area contributed by atoms with Crippen LogP contribution in [-0.4, -0.2) is 63.7 Å². The zero-order chi connectivity index (χ0) is 26.9. The number of piperidine rings is 2. The van der Waals surface area contributed by atoms with Crippen molar-refractivity contribution in [2.45, 2.75) is 69.1 Å². The highest BCUT2D eigenvalue weighted by atomic mass is 19.1. The lowest BCUT2D eigenvalue weighted by Crippen LogP contribution is -2.53. The molecule has 3 aromatic rings. The average molecular weight is 530 g/mol. The van der Waals surface area contributed by atoms with E-state index in [0.717, 1.165) is 53.5 Å². The van der Waals surface area contributed by atoms with Gasteiger partial charge >= 0.3 is 0 Å². The number of halogens is 1. The highest BCUT2D eigenvalue weighted by Crippen LogP contribution is 2.43. The smallest absolute Gasteiger partial charge is 0.259 e. The summed E-state index contributed by atoms with van der Waals surface area (Å²) in [4.78, 5) is 41.5. The summed E-state index contributed by atoms with van der Waals surface area (Å²) in [5, 5.41) is 8.96. The predicted molar refractivity (Wildman–Crippen MR) is 144 cm³/mol. The van der Waals surface area contributed by atoms with E-state index < -0.39 is 17.6 Å². The van der Waals surface area contributed by atoms with Crippen molar-refractivity contribution in [3.63, 3.8) is 0 Å². The van der Waals surface area contributed by atoms with Crippen LogP contribution in [0, 0.1) is 0 Å². The molecular formula is C30H32FN5O3. The number of hydrogen-bond donors (Lipinski definition) is 1. The maximum atomic E-state index is 14.2. The first-order chi connectivity index (χ1) is 18.7. The topological polar surface area (TPSA) is 87.5 Å².